The van der Waals surface area contributed by atoms with Crippen LogP contribution in [0.1, 0.15) is 22.3 Å². The summed E-state index contributed by atoms with van der Waals surface area (Å²) in [4.78, 5) is 12.7. The summed E-state index contributed by atoms with van der Waals surface area (Å²) in [7, 11) is 0. The van der Waals surface area contributed by atoms with Crippen molar-refractivity contribution in [1.29, 1.82) is 5.26 Å². The quantitative estimate of drug-likeness (QED) is 0.605. The lowest BCUT2D eigenvalue weighted by Crippen LogP contribution is -1.96. The van der Waals surface area contributed by atoms with E-state index in [1.807, 2.05) is 42.5 Å². The highest BCUT2D eigenvalue weighted by atomic mass is 32.2. The third kappa shape index (κ3) is 3.97. The lowest BCUT2D eigenvalue weighted by Gasteiger charge is -2.04. The molecule has 2 nitrogen and oxygen atoms in total. The first-order valence-corrected chi connectivity index (χ1v) is 6.95. The average Bonchev–Trinajstić information content (AvgIpc) is 2.47. The van der Waals surface area contributed by atoms with Gasteiger partial charge in [0.2, 0.25) is 0 Å². The first-order valence-electron chi connectivity index (χ1n) is 5.96. The zero-order chi connectivity index (χ0) is 13.5. The van der Waals surface area contributed by atoms with Crippen molar-refractivity contribution in [3.8, 4) is 6.07 Å². The Balaban J connectivity index is 2.04. The van der Waals surface area contributed by atoms with Gasteiger partial charge in [-0.15, -0.1) is 11.8 Å². The molecule has 0 aliphatic rings. The van der Waals surface area contributed by atoms with Crippen LogP contribution in [0, 0.1) is 11.3 Å². The Hall–Kier alpha value is -2.05. The fraction of sp³-hybridized carbons (Fsp3) is 0.125. The lowest BCUT2D eigenvalue weighted by molar-refractivity contribution is 0.0997. The van der Waals surface area contributed by atoms with Gasteiger partial charge < -0.3 is 0 Å². The minimum absolute atomic E-state index is 0.0627. The number of benzene rings is 2. The van der Waals surface area contributed by atoms with Crippen molar-refractivity contribution in [3.05, 3.63) is 65.7 Å². The van der Waals surface area contributed by atoms with E-state index in [1.54, 1.807) is 17.8 Å². The fourth-order valence-corrected chi connectivity index (χ4v) is 2.58. The molecule has 3 heteroatoms. The fourth-order valence-electron chi connectivity index (χ4n) is 1.67. The van der Waals surface area contributed by atoms with Crippen molar-refractivity contribution in [2.45, 2.75) is 17.1 Å². The van der Waals surface area contributed by atoms with Gasteiger partial charge in [0.15, 0.2) is 5.78 Å². The summed E-state index contributed by atoms with van der Waals surface area (Å²) in [6.07, 6.45) is -0.0627. The predicted octanol–water partition coefficient (Wildman–Crippen LogP) is 4.08. The summed E-state index contributed by atoms with van der Waals surface area (Å²) in [5.74, 6) is 0.751. The van der Waals surface area contributed by atoms with E-state index in [-0.39, 0.29) is 12.2 Å². The maximum atomic E-state index is 11.6. The molecule has 0 radical (unpaired) electrons. The largest absolute Gasteiger partial charge is 0.293 e. The van der Waals surface area contributed by atoms with Crippen LogP contribution in [0.25, 0.3) is 0 Å². The van der Waals surface area contributed by atoms with Crippen LogP contribution in [0.3, 0.4) is 0 Å². The Morgan fingerprint density at radius 3 is 2.63 bits per heavy atom. The Bertz CT molecular complexity index is 602. The van der Waals surface area contributed by atoms with Crippen LogP contribution in [0.5, 0.6) is 0 Å². The standard InChI is InChI=1S/C16H13NOS/c17-10-9-16(18)14-7-4-8-15(11-14)19-12-13-5-2-1-3-6-13/h1-8,11H,9,12H2. The molecule has 2 aromatic carbocycles. The second-order valence-electron chi connectivity index (χ2n) is 4.06. The van der Waals surface area contributed by atoms with Crippen LogP contribution in [0.4, 0.5) is 0 Å². The number of ketones is 1. The second kappa shape index (κ2) is 6.77. The minimum Gasteiger partial charge on any atom is -0.293 e. The summed E-state index contributed by atoms with van der Waals surface area (Å²) in [6, 6.07) is 19.5. The molecule has 2 aromatic rings. The molecule has 2 rings (SSSR count). The maximum Gasteiger partial charge on any atom is 0.176 e. The van der Waals surface area contributed by atoms with Gasteiger partial charge in [-0.1, -0.05) is 42.5 Å². The molecular formula is C16H13NOS. The summed E-state index contributed by atoms with van der Waals surface area (Å²) < 4.78 is 0. The van der Waals surface area contributed by atoms with Crippen molar-refractivity contribution in [3.63, 3.8) is 0 Å². The molecular weight excluding hydrogens is 254 g/mol. The van der Waals surface area contributed by atoms with E-state index >= 15 is 0 Å². The van der Waals surface area contributed by atoms with Gasteiger partial charge >= 0.3 is 0 Å². The molecule has 0 saturated carbocycles. The number of carbonyl (C=O) groups excluding carboxylic acids is 1. The van der Waals surface area contributed by atoms with Crippen molar-refractivity contribution in [1.82, 2.24) is 0 Å². The molecule has 0 aromatic heterocycles. The molecule has 94 valence electrons. The SMILES string of the molecule is N#CCC(=O)c1cccc(SCc2ccccc2)c1. The Morgan fingerprint density at radius 1 is 1.11 bits per heavy atom. The summed E-state index contributed by atoms with van der Waals surface area (Å²) >= 11 is 1.69. The molecule has 0 aliphatic carbocycles. The first-order chi connectivity index (χ1) is 9.29. The molecule has 0 N–H and O–H groups in total. The Kier molecular flexibility index (Phi) is 4.77. The summed E-state index contributed by atoms with van der Waals surface area (Å²) in [5.41, 5.74) is 1.86. The van der Waals surface area contributed by atoms with Crippen LogP contribution in [-0.4, -0.2) is 5.78 Å². The zero-order valence-corrected chi connectivity index (χ0v) is 11.2. The number of nitrogens with zero attached hydrogens (tertiary/aromatic N) is 1. The smallest absolute Gasteiger partial charge is 0.176 e. The summed E-state index contributed by atoms with van der Waals surface area (Å²) in [5, 5.41) is 8.54. The molecule has 0 fully saturated rings. The topological polar surface area (TPSA) is 40.9 Å². The van der Waals surface area contributed by atoms with E-state index in [0.29, 0.717) is 5.56 Å². The number of carbonyl (C=O) groups is 1. The van der Waals surface area contributed by atoms with Crippen molar-refractivity contribution in [2.75, 3.05) is 0 Å². The highest BCUT2D eigenvalue weighted by Gasteiger charge is 2.05. The van der Waals surface area contributed by atoms with Crippen LogP contribution >= 0.6 is 11.8 Å². The molecule has 0 atom stereocenters. The van der Waals surface area contributed by atoms with Gasteiger partial charge in [-0.05, 0) is 17.7 Å². The van der Waals surface area contributed by atoms with E-state index in [0.717, 1.165) is 10.6 Å². The Morgan fingerprint density at radius 2 is 1.89 bits per heavy atom. The van der Waals surface area contributed by atoms with Crippen molar-refractivity contribution < 1.29 is 4.79 Å². The van der Waals surface area contributed by atoms with Gasteiger partial charge in [0.25, 0.3) is 0 Å². The molecule has 0 unspecified atom stereocenters. The predicted molar refractivity (Wildman–Crippen MR) is 77.0 cm³/mol. The summed E-state index contributed by atoms with van der Waals surface area (Å²) in [6.45, 7) is 0. The van der Waals surface area contributed by atoms with Crippen LogP contribution in [0.2, 0.25) is 0 Å². The molecule has 19 heavy (non-hydrogen) atoms. The van der Waals surface area contributed by atoms with Gasteiger partial charge in [0.1, 0.15) is 0 Å². The zero-order valence-electron chi connectivity index (χ0n) is 10.4. The highest BCUT2D eigenvalue weighted by Crippen LogP contribution is 2.23. The van der Waals surface area contributed by atoms with Crippen molar-refractivity contribution >= 4 is 17.5 Å². The van der Waals surface area contributed by atoms with E-state index in [9.17, 15) is 4.79 Å². The monoisotopic (exact) mass is 267 g/mol. The van der Waals surface area contributed by atoms with E-state index < -0.39 is 0 Å². The van der Waals surface area contributed by atoms with Gasteiger partial charge in [0.05, 0.1) is 12.5 Å². The second-order valence-corrected chi connectivity index (χ2v) is 5.11. The average molecular weight is 267 g/mol. The van der Waals surface area contributed by atoms with Crippen LogP contribution in [0.15, 0.2) is 59.5 Å². The molecule has 0 saturated heterocycles. The molecule has 0 heterocycles. The van der Waals surface area contributed by atoms with Gasteiger partial charge in [-0.3, -0.25) is 4.79 Å². The number of nitriles is 1. The van der Waals surface area contributed by atoms with Crippen LogP contribution in [-0.2, 0) is 5.75 Å². The third-order valence-corrected chi connectivity index (χ3v) is 3.71. The number of thioether (sulfide) groups is 1. The highest BCUT2D eigenvalue weighted by molar-refractivity contribution is 7.98. The normalized spacial score (nSPS) is 9.84. The molecule has 0 spiro atoms. The maximum absolute atomic E-state index is 11.6. The van der Waals surface area contributed by atoms with Gasteiger partial charge in [0, 0.05) is 16.2 Å². The van der Waals surface area contributed by atoms with Gasteiger partial charge in [-0.25, -0.2) is 0 Å². The number of rotatable bonds is 5. The molecule has 0 aliphatic heterocycles. The van der Waals surface area contributed by atoms with E-state index in [2.05, 4.69) is 12.1 Å². The molecule has 0 amide bonds. The van der Waals surface area contributed by atoms with E-state index in [1.165, 1.54) is 5.56 Å². The Labute approximate surface area is 117 Å². The number of hydrogen-bond donors (Lipinski definition) is 0. The third-order valence-electron chi connectivity index (χ3n) is 2.64. The molecule has 0 bridgehead atoms. The van der Waals surface area contributed by atoms with E-state index in [4.69, 9.17) is 5.26 Å². The lowest BCUT2D eigenvalue weighted by atomic mass is 10.1. The number of hydrogen-bond acceptors (Lipinski definition) is 3. The van der Waals surface area contributed by atoms with Crippen molar-refractivity contribution in [2.24, 2.45) is 0 Å². The number of Topliss-reactive ketones (excluding diaryl/α,β-unsaturated/α-hetero) is 1. The van der Waals surface area contributed by atoms with Gasteiger partial charge in [-0.2, -0.15) is 5.26 Å². The first kappa shape index (κ1) is 13.4. The minimum atomic E-state index is -0.121. The van der Waals surface area contributed by atoms with Crippen LogP contribution < -0.4 is 0 Å².